The van der Waals surface area contributed by atoms with E-state index in [0.717, 1.165) is 0 Å². The topological polar surface area (TPSA) is 69.2 Å². The van der Waals surface area contributed by atoms with Crippen LogP contribution in [0.25, 0.3) is 0 Å². The Hall–Kier alpha value is 2.09. The summed E-state index contributed by atoms with van der Waals surface area (Å²) in [7, 11) is 0. The van der Waals surface area contributed by atoms with Gasteiger partial charge in [0.2, 0.25) is 0 Å². The van der Waals surface area contributed by atoms with Crippen LogP contribution in [0.2, 0.25) is 0 Å². The van der Waals surface area contributed by atoms with Crippen LogP contribution in [0, 0.1) is 0 Å². The molecule has 0 aliphatic heterocycles. The molecule has 0 amide bonds. The molecule has 0 saturated heterocycles. The molecular formula is Ag2IO3. The first-order chi connectivity index (χ1) is 1.73. The van der Waals surface area contributed by atoms with Gasteiger partial charge < -0.3 is 10.3 Å². The molecule has 0 heterocycles. The molecule has 1 radical (unpaired) electrons. The first kappa shape index (κ1) is 15.7. The summed E-state index contributed by atoms with van der Waals surface area (Å²) in [4.78, 5) is 0. The Morgan fingerprint density at radius 2 is 1.00 bits per heavy atom. The van der Waals surface area contributed by atoms with Crippen LogP contribution in [0.3, 0.4) is 0 Å². The van der Waals surface area contributed by atoms with Crippen molar-refractivity contribution in [2.75, 3.05) is 0 Å². The molecule has 6 heavy (non-hydrogen) atoms. The van der Waals surface area contributed by atoms with Crippen LogP contribution in [0.4, 0.5) is 0 Å². The van der Waals surface area contributed by atoms with Gasteiger partial charge >= 0.3 is 22.4 Å². The number of hydrogen-bond donors (Lipinski definition) is 0. The molecule has 6 heteroatoms. The second-order valence-corrected chi connectivity index (χ2v) is 1.27. The van der Waals surface area contributed by atoms with E-state index in [1.54, 1.807) is 0 Å². The van der Waals surface area contributed by atoms with Crippen LogP contribution in [0.15, 0.2) is 0 Å². The quantitative estimate of drug-likeness (QED) is 0.305. The van der Waals surface area contributed by atoms with Crippen molar-refractivity contribution in [1.29, 1.82) is 0 Å². The molecule has 0 atom stereocenters. The second kappa shape index (κ2) is 10.1. The van der Waals surface area contributed by atoms with Crippen LogP contribution < -0.4 is 31.4 Å². The van der Waals surface area contributed by atoms with Crippen molar-refractivity contribution >= 4 is 0 Å². The van der Waals surface area contributed by atoms with E-state index in [2.05, 4.69) is 0 Å². The maximum atomic E-state index is 8.57. The van der Waals surface area contributed by atoms with Gasteiger partial charge in [0.25, 0.3) is 21.1 Å². The van der Waals surface area contributed by atoms with E-state index >= 15 is 0 Å². The summed E-state index contributed by atoms with van der Waals surface area (Å²) < 4.78 is 25.7. The molecule has 0 aromatic rings. The summed E-state index contributed by atoms with van der Waals surface area (Å²) in [6.45, 7) is 0. The van der Waals surface area contributed by atoms with Gasteiger partial charge in [-0.25, -0.2) is 0 Å². The van der Waals surface area contributed by atoms with Crippen molar-refractivity contribution < 1.29 is 76.1 Å². The minimum absolute atomic E-state index is 0. The second-order valence-electron chi connectivity index (χ2n) is 0.189. The third kappa shape index (κ3) is 36.1. The first-order valence-electron chi connectivity index (χ1n) is 0.463. The fourth-order valence-electron chi connectivity index (χ4n) is 0. The van der Waals surface area contributed by atoms with Gasteiger partial charge in [0.1, 0.15) is 0 Å². The summed E-state index contributed by atoms with van der Waals surface area (Å²) in [6.07, 6.45) is 0. The van der Waals surface area contributed by atoms with Crippen LogP contribution in [-0.4, -0.2) is 0 Å². The van der Waals surface area contributed by atoms with E-state index in [-0.39, 0.29) is 44.8 Å². The molecule has 47 valence electrons. The third-order valence-corrected chi connectivity index (χ3v) is 0. The van der Waals surface area contributed by atoms with E-state index < -0.39 is 21.1 Å². The Balaban J connectivity index is -0.0000000450. The summed E-state index contributed by atoms with van der Waals surface area (Å²) in [6, 6.07) is 0. The molecule has 0 N–H and O–H groups in total. The minimum Gasteiger partial charge on any atom is -0.427 e. The van der Waals surface area contributed by atoms with Gasteiger partial charge in [0.15, 0.2) is 0 Å². The van der Waals surface area contributed by atoms with Crippen molar-refractivity contribution in [3.63, 3.8) is 0 Å². The van der Waals surface area contributed by atoms with E-state index in [1.807, 2.05) is 0 Å². The normalized spacial score (nSPS) is 6.00. The zero-order chi connectivity index (χ0) is 3.58. The Morgan fingerprint density at radius 3 is 1.00 bits per heavy atom. The van der Waals surface area contributed by atoms with E-state index in [0.29, 0.717) is 0 Å². The van der Waals surface area contributed by atoms with Gasteiger partial charge in [-0.05, 0) is 0 Å². The Morgan fingerprint density at radius 1 is 1.00 bits per heavy atom. The van der Waals surface area contributed by atoms with Crippen LogP contribution in [0.5, 0.6) is 0 Å². The van der Waals surface area contributed by atoms with Crippen LogP contribution in [0.1, 0.15) is 0 Å². The maximum absolute atomic E-state index is 8.57. The van der Waals surface area contributed by atoms with Gasteiger partial charge in [-0.3, -0.25) is 0 Å². The average molecular weight is 391 g/mol. The van der Waals surface area contributed by atoms with Crippen LogP contribution in [-0.2, 0) is 44.8 Å². The van der Waals surface area contributed by atoms with Crippen molar-refractivity contribution in [2.24, 2.45) is 0 Å². The van der Waals surface area contributed by atoms with Gasteiger partial charge in [0, 0.05) is 22.4 Å². The molecule has 0 saturated carbocycles. The molecule has 0 bridgehead atoms. The fourth-order valence-corrected chi connectivity index (χ4v) is 0. The smallest absolute Gasteiger partial charge is 0.427 e. The SMILES string of the molecule is [Ag+].[Ag].[O-][I+2]([O-])[O-]. The molecule has 3 nitrogen and oxygen atoms in total. The van der Waals surface area contributed by atoms with E-state index in [4.69, 9.17) is 10.3 Å². The molecule has 0 aliphatic rings. The summed E-state index contributed by atoms with van der Waals surface area (Å²) >= 11 is -4.01. The fraction of sp³-hybridized carbons (Fsp3) is 0. The predicted molar refractivity (Wildman–Crippen MR) is 0 cm³/mol. The molecule has 0 unspecified atom stereocenters. The molecule has 0 rings (SSSR count). The average Bonchev–Trinajstić information content (AvgIpc) is 0.811. The minimum atomic E-state index is -4.01. The van der Waals surface area contributed by atoms with Crippen molar-refractivity contribution in [2.45, 2.75) is 0 Å². The molecule has 0 fully saturated rings. The van der Waals surface area contributed by atoms with Crippen molar-refractivity contribution in [1.82, 2.24) is 0 Å². The summed E-state index contributed by atoms with van der Waals surface area (Å²) in [5.41, 5.74) is 0. The van der Waals surface area contributed by atoms with Gasteiger partial charge in [-0.2, -0.15) is 0 Å². The largest absolute Gasteiger partial charge is 1.00 e. The van der Waals surface area contributed by atoms with Gasteiger partial charge in [-0.1, -0.05) is 0 Å². The van der Waals surface area contributed by atoms with Crippen molar-refractivity contribution in [3.8, 4) is 0 Å². The number of hydrogen-bond acceptors (Lipinski definition) is 3. The molecule has 0 spiro atoms. The van der Waals surface area contributed by atoms with E-state index in [1.165, 1.54) is 0 Å². The Labute approximate surface area is 75.2 Å². The molecular weight excluding hydrogens is 391 g/mol. The molecule has 0 aromatic carbocycles. The monoisotopic (exact) mass is 389 g/mol. The zero-order valence-electron chi connectivity index (χ0n) is 2.21. The Bertz CT molecular complexity index is 13.5. The zero-order valence-corrected chi connectivity index (χ0v) is 7.33. The predicted octanol–water partition coefficient (Wildman–Crippen LogP) is -6.57. The van der Waals surface area contributed by atoms with Gasteiger partial charge in [0.05, 0.1) is 0 Å². The maximum Gasteiger partial charge on any atom is 1.00 e. The molecule has 0 aromatic heterocycles. The summed E-state index contributed by atoms with van der Waals surface area (Å²) in [5.74, 6) is 0. The number of halogens is 1. The van der Waals surface area contributed by atoms with Crippen molar-refractivity contribution in [3.05, 3.63) is 0 Å². The summed E-state index contributed by atoms with van der Waals surface area (Å²) in [5, 5.41) is 0. The Kier molecular flexibility index (Phi) is 26.6. The van der Waals surface area contributed by atoms with E-state index in [9.17, 15) is 0 Å². The standard InChI is InChI=1S/2Ag.IO3/c;;2-1(3)4/q;+1;-1. The first-order valence-corrected chi connectivity index (χ1v) is 3.11. The van der Waals surface area contributed by atoms with Gasteiger partial charge in [-0.15, -0.1) is 0 Å². The molecule has 0 aliphatic carbocycles. The number of rotatable bonds is 0. The van der Waals surface area contributed by atoms with Crippen LogP contribution >= 0.6 is 0 Å². The third-order valence-electron chi connectivity index (χ3n) is 0.